The minimum atomic E-state index is -0.231. The number of halogens is 1. The van der Waals surface area contributed by atoms with E-state index in [2.05, 4.69) is 4.98 Å². The van der Waals surface area contributed by atoms with E-state index >= 15 is 0 Å². The molecule has 0 aromatic carbocycles. The molecule has 1 aromatic rings. The lowest BCUT2D eigenvalue weighted by Gasteiger charge is -2.06. The molecule has 1 saturated carbocycles. The Balaban J connectivity index is 2.14. The maximum absolute atomic E-state index is 11.4. The molecule has 2 rings (SSSR count). The van der Waals surface area contributed by atoms with Crippen LogP contribution in [0.25, 0.3) is 0 Å². The highest BCUT2D eigenvalue weighted by atomic mass is 35.5. The van der Waals surface area contributed by atoms with Gasteiger partial charge in [-0.25, -0.2) is 4.98 Å². The van der Waals surface area contributed by atoms with Gasteiger partial charge in [0.25, 0.3) is 0 Å². The molecule has 0 spiro atoms. The highest BCUT2D eigenvalue weighted by Crippen LogP contribution is 2.33. The first kappa shape index (κ1) is 10.2. The number of nitrogens with zero attached hydrogens (tertiary/aromatic N) is 1. The molecule has 1 heterocycles. The predicted molar refractivity (Wildman–Crippen MR) is 54.2 cm³/mol. The normalized spacial score (nSPS) is 14.8. The van der Waals surface area contributed by atoms with E-state index < -0.39 is 0 Å². The SMILES string of the molecule is COc1cc(OC(=O)C2CC2)c(Cl)cn1. The fourth-order valence-electron chi connectivity index (χ4n) is 1.10. The Bertz CT molecular complexity index is 390. The van der Waals surface area contributed by atoms with Crippen molar-refractivity contribution in [2.75, 3.05) is 7.11 Å². The molecule has 0 saturated heterocycles. The van der Waals surface area contributed by atoms with Crippen LogP contribution < -0.4 is 9.47 Å². The molecule has 0 N–H and O–H groups in total. The van der Waals surface area contributed by atoms with E-state index in [9.17, 15) is 4.79 Å². The zero-order chi connectivity index (χ0) is 10.8. The summed E-state index contributed by atoms with van der Waals surface area (Å²) in [5.41, 5.74) is 0. The number of aromatic nitrogens is 1. The summed E-state index contributed by atoms with van der Waals surface area (Å²) in [6.07, 6.45) is 3.20. The number of carbonyl (C=O) groups excluding carboxylic acids is 1. The molecular weight excluding hydrogens is 218 g/mol. The first-order valence-corrected chi connectivity index (χ1v) is 4.99. The highest BCUT2D eigenvalue weighted by Gasteiger charge is 2.32. The topological polar surface area (TPSA) is 48.4 Å². The monoisotopic (exact) mass is 227 g/mol. The van der Waals surface area contributed by atoms with Crippen LogP contribution in [0.5, 0.6) is 11.6 Å². The molecule has 1 aliphatic rings. The van der Waals surface area contributed by atoms with E-state index in [1.165, 1.54) is 19.4 Å². The molecular formula is C10H10ClNO3. The number of ether oxygens (including phenoxy) is 2. The molecule has 4 nitrogen and oxygen atoms in total. The average molecular weight is 228 g/mol. The molecule has 5 heteroatoms. The van der Waals surface area contributed by atoms with Gasteiger partial charge < -0.3 is 9.47 Å². The summed E-state index contributed by atoms with van der Waals surface area (Å²) >= 11 is 5.83. The Morgan fingerprint density at radius 1 is 1.60 bits per heavy atom. The summed E-state index contributed by atoms with van der Waals surface area (Å²) in [7, 11) is 1.49. The van der Waals surface area contributed by atoms with Gasteiger partial charge >= 0.3 is 5.97 Å². The summed E-state index contributed by atoms with van der Waals surface area (Å²) in [6, 6.07) is 1.50. The van der Waals surface area contributed by atoms with E-state index in [0.29, 0.717) is 16.7 Å². The fraction of sp³-hybridized carbons (Fsp3) is 0.400. The van der Waals surface area contributed by atoms with Crippen molar-refractivity contribution in [2.24, 2.45) is 5.92 Å². The molecule has 80 valence electrons. The van der Waals surface area contributed by atoms with Gasteiger partial charge in [0, 0.05) is 6.07 Å². The summed E-state index contributed by atoms with van der Waals surface area (Å²) in [5, 5.41) is 0.310. The second kappa shape index (κ2) is 4.06. The van der Waals surface area contributed by atoms with Crippen molar-refractivity contribution >= 4 is 17.6 Å². The van der Waals surface area contributed by atoms with Crippen LogP contribution in [0.3, 0.4) is 0 Å². The third kappa shape index (κ3) is 2.39. The predicted octanol–water partition coefficient (Wildman–Crippen LogP) is 2.06. The Labute approximate surface area is 92.2 Å². The lowest BCUT2D eigenvalue weighted by atomic mass is 10.4. The maximum atomic E-state index is 11.4. The van der Waals surface area contributed by atoms with E-state index in [4.69, 9.17) is 21.1 Å². The zero-order valence-electron chi connectivity index (χ0n) is 8.20. The van der Waals surface area contributed by atoms with Crippen LogP contribution in [0.1, 0.15) is 12.8 Å². The smallest absolute Gasteiger partial charge is 0.314 e. The largest absolute Gasteiger partial charge is 0.481 e. The van der Waals surface area contributed by atoms with Crippen molar-refractivity contribution in [1.82, 2.24) is 4.98 Å². The lowest BCUT2D eigenvalue weighted by molar-refractivity contribution is -0.135. The quantitative estimate of drug-likeness (QED) is 0.742. The Hall–Kier alpha value is -1.29. The number of hydrogen-bond donors (Lipinski definition) is 0. The molecule has 0 atom stereocenters. The fourth-order valence-corrected chi connectivity index (χ4v) is 1.24. The Kier molecular flexibility index (Phi) is 2.77. The van der Waals surface area contributed by atoms with Gasteiger partial charge in [0.2, 0.25) is 5.88 Å². The summed E-state index contributed by atoms with van der Waals surface area (Å²) in [5.74, 6) is 0.490. The van der Waals surface area contributed by atoms with Gasteiger partial charge in [-0.2, -0.15) is 0 Å². The van der Waals surface area contributed by atoms with Crippen LogP contribution in [0.15, 0.2) is 12.3 Å². The summed E-state index contributed by atoms with van der Waals surface area (Å²) in [4.78, 5) is 15.3. The lowest BCUT2D eigenvalue weighted by Crippen LogP contribution is -2.10. The Morgan fingerprint density at radius 2 is 2.33 bits per heavy atom. The molecule has 0 unspecified atom stereocenters. The van der Waals surface area contributed by atoms with Gasteiger partial charge in [0.1, 0.15) is 5.02 Å². The average Bonchev–Trinajstić information content (AvgIpc) is 3.04. The second-order valence-corrected chi connectivity index (χ2v) is 3.76. The van der Waals surface area contributed by atoms with E-state index in [0.717, 1.165) is 12.8 Å². The number of carbonyl (C=O) groups is 1. The summed E-state index contributed by atoms with van der Waals surface area (Å²) in [6.45, 7) is 0. The number of hydrogen-bond acceptors (Lipinski definition) is 4. The van der Waals surface area contributed by atoms with Crippen molar-refractivity contribution in [1.29, 1.82) is 0 Å². The van der Waals surface area contributed by atoms with Gasteiger partial charge in [-0.1, -0.05) is 11.6 Å². The molecule has 1 aromatic heterocycles. The maximum Gasteiger partial charge on any atom is 0.314 e. The molecule has 15 heavy (non-hydrogen) atoms. The molecule has 0 aliphatic heterocycles. The number of esters is 1. The van der Waals surface area contributed by atoms with E-state index in [1.54, 1.807) is 0 Å². The van der Waals surface area contributed by atoms with Crippen LogP contribution in [0.4, 0.5) is 0 Å². The van der Waals surface area contributed by atoms with Crippen LogP contribution >= 0.6 is 11.6 Å². The van der Waals surface area contributed by atoms with Gasteiger partial charge in [-0.05, 0) is 12.8 Å². The minimum absolute atomic E-state index is 0.0419. The van der Waals surface area contributed by atoms with Crippen molar-refractivity contribution in [2.45, 2.75) is 12.8 Å². The van der Waals surface area contributed by atoms with Crippen molar-refractivity contribution in [3.8, 4) is 11.6 Å². The van der Waals surface area contributed by atoms with Gasteiger partial charge in [0.05, 0.1) is 19.2 Å². The Morgan fingerprint density at radius 3 is 2.93 bits per heavy atom. The standard InChI is InChI=1S/C10H10ClNO3/c1-14-9-4-8(7(11)5-12-9)15-10(13)6-2-3-6/h4-6H,2-3H2,1H3. The molecule has 0 amide bonds. The molecule has 0 bridgehead atoms. The third-order valence-electron chi connectivity index (χ3n) is 2.13. The van der Waals surface area contributed by atoms with Crippen molar-refractivity contribution < 1.29 is 14.3 Å². The van der Waals surface area contributed by atoms with Crippen molar-refractivity contribution in [3.63, 3.8) is 0 Å². The number of pyridine rings is 1. The van der Waals surface area contributed by atoms with Crippen LogP contribution in [-0.4, -0.2) is 18.1 Å². The van der Waals surface area contributed by atoms with Gasteiger partial charge in [-0.3, -0.25) is 4.79 Å². The van der Waals surface area contributed by atoms with E-state index in [1.807, 2.05) is 0 Å². The van der Waals surface area contributed by atoms with Crippen LogP contribution in [0, 0.1) is 5.92 Å². The highest BCUT2D eigenvalue weighted by molar-refractivity contribution is 6.32. The van der Waals surface area contributed by atoms with E-state index in [-0.39, 0.29) is 11.9 Å². The van der Waals surface area contributed by atoms with Crippen LogP contribution in [-0.2, 0) is 4.79 Å². The van der Waals surface area contributed by atoms with Crippen molar-refractivity contribution in [3.05, 3.63) is 17.3 Å². The van der Waals surface area contributed by atoms with Gasteiger partial charge in [0.15, 0.2) is 5.75 Å². The second-order valence-electron chi connectivity index (χ2n) is 3.35. The zero-order valence-corrected chi connectivity index (χ0v) is 8.95. The number of rotatable bonds is 3. The van der Waals surface area contributed by atoms with Crippen LogP contribution in [0.2, 0.25) is 5.02 Å². The third-order valence-corrected chi connectivity index (χ3v) is 2.41. The molecule has 1 aliphatic carbocycles. The molecule has 1 fully saturated rings. The molecule has 0 radical (unpaired) electrons. The first-order valence-electron chi connectivity index (χ1n) is 4.62. The van der Waals surface area contributed by atoms with Gasteiger partial charge in [-0.15, -0.1) is 0 Å². The number of methoxy groups -OCH3 is 1. The first-order chi connectivity index (χ1) is 7.20. The minimum Gasteiger partial charge on any atom is -0.481 e. The summed E-state index contributed by atoms with van der Waals surface area (Å²) < 4.78 is 10.0.